The van der Waals surface area contributed by atoms with E-state index in [0.29, 0.717) is 25.7 Å². The number of hydrogen-bond donors (Lipinski definition) is 8. The first kappa shape index (κ1) is 42.0. The highest BCUT2D eigenvalue weighted by molar-refractivity contribution is 8.01. The molecule has 2 amide bonds. The maximum atomic E-state index is 13.5. The fraction of sp³-hybridized carbons (Fsp3) is 0.758. The van der Waals surface area contributed by atoms with Crippen molar-refractivity contribution in [2.45, 2.75) is 121 Å². The molecule has 2 aliphatic rings. The topological polar surface area (TPSA) is 263 Å². The van der Waals surface area contributed by atoms with Crippen LogP contribution < -0.4 is 16.4 Å². The van der Waals surface area contributed by atoms with Gasteiger partial charge in [0.15, 0.2) is 0 Å². The average molecular weight is 716 g/mol. The molecule has 9 atom stereocenters. The summed E-state index contributed by atoms with van der Waals surface area (Å²) < 4.78 is 4.80. The Morgan fingerprint density at radius 3 is 2.31 bits per heavy atom. The molecule has 16 heteroatoms. The fourth-order valence-corrected chi connectivity index (χ4v) is 8.24. The molecule has 0 spiro atoms. The van der Waals surface area contributed by atoms with Gasteiger partial charge in [0, 0.05) is 30.9 Å². The number of hydrogen-bond acceptors (Lipinski definition) is 11. The smallest absolute Gasteiger partial charge is 0.322 e. The van der Waals surface area contributed by atoms with Crippen LogP contribution in [0.1, 0.15) is 86.0 Å². The van der Waals surface area contributed by atoms with Gasteiger partial charge < -0.3 is 46.6 Å². The Morgan fingerprint density at radius 1 is 1.08 bits per heavy atom. The van der Waals surface area contributed by atoms with Crippen molar-refractivity contribution in [1.82, 2.24) is 10.6 Å². The monoisotopic (exact) mass is 715 g/mol. The molecular weight excluding hydrogens is 662 g/mol. The van der Waals surface area contributed by atoms with Gasteiger partial charge in [0.25, 0.3) is 0 Å². The summed E-state index contributed by atoms with van der Waals surface area (Å²) in [5, 5.41) is 55.7. The molecule has 1 saturated carbocycles. The standard InChI is InChI=1S/C33H53N3O12S/c1-6-31(3,4)30(46)48-22-15-32(5,47)29(45)33(14-13-18(2)19(26(22)33)9-7-8-10-24(38)39)49-17-21(27(42)35-16-25(40)41)36-23(37)12-11-20(34)28(43)44/h13-14,18-22,26,29,45,47H,6-12,15-17,34H2,1-5H3,(H,35,42)(H,36,37)(H,38,39)(H,40,41)(H,43,44)/t18-,19-,20?,21?,22-,26-,29-,32-,33-/m0/s1. The molecule has 278 valence electrons. The third-order valence-electron chi connectivity index (χ3n) is 9.79. The molecule has 0 heterocycles. The van der Waals surface area contributed by atoms with Crippen LogP contribution in [0.5, 0.6) is 0 Å². The summed E-state index contributed by atoms with van der Waals surface area (Å²) in [4.78, 5) is 73.0. The van der Waals surface area contributed by atoms with E-state index in [1.54, 1.807) is 19.9 Å². The van der Waals surface area contributed by atoms with Gasteiger partial charge in [-0.2, -0.15) is 0 Å². The van der Waals surface area contributed by atoms with Crippen LogP contribution >= 0.6 is 11.8 Å². The number of nitrogens with one attached hydrogen (secondary N) is 2. The second-order valence-electron chi connectivity index (χ2n) is 14.1. The summed E-state index contributed by atoms with van der Waals surface area (Å²) >= 11 is 1.05. The lowest BCUT2D eigenvalue weighted by molar-refractivity contribution is -0.193. The molecular formula is C33H53N3O12S. The van der Waals surface area contributed by atoms with E-state index in [1.165, 1.54) is 6.92 Å². The van der Waals surface area contributed by atoms with Gasteiger partial charge in [0.2, 0.25) is 11.8 Å². The van der Waals surface area contributed by atoms with E-state index in [1.807, 2.05) is 19.9 Å². The third-order valence-corrected chi connectivity index (χ3v) is 11.4. The SMILES string of the molecule is CCC(C)(C)C(=O)O[C@H]1C[C@](C)(O)[C@H](O)[C@]2(SCC(NC(=O)CCC(N)C(=O)O)C(=O)NCC(=O)O)C=C[C@H](C)[C@H](CCCCC(=O)O)[C@@H]12. The molecule has 2 rings (SSSR count). The van der Waals surface area contributed by atoms with Crippen molar-refractivity contribution >= 4 is 47.5 Å². The number of esters is 1. The van der Waals surface area contributed by atoms with E-state index < -0.39 is 88.2 Å². The zero-order valence-electron chi connectivity index (χ0n) is 28.8. The summed E-state index contributed by atoms with van der Waals surface area (Å²) in [5.41, 5.74) is 2.89. The predicted molar refractivity (Wildman–Crippen MR) is 179 cm³/mol. The first-order chi connectivity index (χ1) is 22.7. The Hall–Kier alpha value is -3.21. The summed E-state index contributed by atoms with van der Waals surface area (Å²) in [6, 6.07) is -2.67. The Morgan fingerprint density at radius 2 is 1.73 bits per heavy atom. The summed E-state index contributed by atoms with van der Waals surface area (Å²) in [7, 11) is 0. The first-order valence-corrected chi connectivity index (χ1v) is 17.6. The highest BCUT2D eigenvalue weighted by atomic mass is 32.2. The number of aliphatic carboxylic acids is 3. The van der Waals surface area contributed by atoms with Crippen LogP contribution in [0.25, 0.3) is 0 Å². The molecule has 15 nitrogen and oxygen atoms in total. The van der Waals surface area contributed by atoms with Crippen LogP contribution in [-0.4, -0.2) is 108 Å². The summed E-state index contributed by atoms with van der Waals surface area (Å²) in [5.74, 6) is -6.83. The maximum absolute atomic E-state index is 13.5. The van der Waals surface area contributed by atoms with Crippen molar-refractivity contribution in [3.05, 3.63) is 12.2 Å². The van der Waals surface area contributed by atoms with Crippen molar-refractivity contribution in [1.29, 1.82) is 0 Å². The molecule has 2 aliphatic carbocycles. The minimum Gasteiger partial charge on any atom is -0.481 e. The molecule has 0 radical (unpaired) electrons. The zero-order chi connectivity index (χ0) is 37.3. The quantitative estimate of drug-likeness (QED) is 0.0532. The third kappa shape index (κ3) is 11.1. The van der Waals surface area contributed by atoms with Gasteiger partial charge in [-0.3, -0.25) is 28.8 Å². The van der Waals surface area contributed by atoms with E-state index in [-0.39, 0.29) is 43.3 Å². The number of rotatable bonds is 19. The fourth-order valence-electron chi connectivity index (χ4n) is 6.44. The van der Waals surface area contributed by atoms with Crippen molar-refractivity contribution in [2.75, 3.05) is 12.3 Å². The van der Waals surface area contributed by atoms with Crippen molar-refractivity contribution in [3.8, 4) is 0 Å². The Labute approximate surface area is 290 Å². The predicted octanol–water partition coefficient (Wildman–Crippen LogP) is 1.28. The lowest BCUT2D eigenvalue weighted by atomic mass is 9.58. The summed E-state index contributed by atoms with van der Waals surface area (Å²) in [6.07, 6.45) is 2.46. The molecule has 2 unspecified atom stereocenters. The normalized spacial score (nSPS) is 29.2. The minimum atomic E-state index is -1.78. The number of fused-ring (bicyclic) bond motifs is 1. The number of amides is 2. The maximum Gasteiger partial charge on any atom is 0.322 e. The lowest BCUT2D eigenvalue weighted by Gasteiger charge is -2.59. The molecule has 0 bridgehead atoms. The molecule has 0 aromatic rings. The summed E-state index contributed by atoms with van der Waals surface area (Å²) in [6.45, 7) is 7.98. The molecule has 49 heavy (non-hydrogen) atoms. The van der Waals surface area contributed by atoms with Gasteiger partial charge in [-0.25, -0.2) is 0 Å². The average Bonchev–Trinajstić information content (AvgIpc) is 3.01. The number of aliphatic hydroxyl groups is 2. The number of carbonyl (C=O) groups is 6. The van der Waals surface area contributed by atoms with Crippen LogP contribution in [0.2, 0.25) is 0 Å². The van der Waals surface area contributed by atoms with Crippen LogP contribution in [0.15, 0.2) is 12.2 Å². The molecule has 0 saturated heterocycles. The zero-order valence-corrected chi connectivity index (χ0v) is 29.7. The van der Waals surface area contributed by atoms with E-state index >= 15 is 0 Å². The molecule has 1 fully saturated rings. The number of unbranched alkanes of at least 4 members (excludes halogenated alkanes) is 1. The molecule has 0 aliphatic heterocycles. The number of allylic oxidation sites excluding steroid dienone is 1. The number of carbonyl (C=O) groups excluding carboxylic acids is 3. The number of aliphatic hydroxyl groups excluding tert-OH is 1. The second kappa shape index (κ2) is 17.6. The van der Waals surface area contributed by atoms with E-state index in [2.05, 4.69) is 10.6 Å². The van der Waals surface area contributed by atoms with E-state index in [0.717, 1.165) is 11.8 Å². The van der Waals surface area contributed by atoms with E-state index in [9.17, 15) is 44.1 Å². The minimum absolute atomic E-state index is 0.0356. The number of carboxylic acid groups (broad SMARTS) is 3. The highest BCUT2D eigenvalue weighted by Crippen LogP contribution is 2.57. The largest absolute Gasteiger partial charge is 0.481 e. The van der Waals surface area contributed by atoms with Gasteiger partial charge in [-0.15, -0.1) is 11.8 Å². The van der Waals surface area contributed by atoms with Gasteiger partial charge in [-0.1, -0.05) is 32.4 Å². The Bertz CT molecular complexity index is 1260. The Balaban J connectivity index is 2.57. The van der Waals surface area contributed by atoms with Gasteiger partial charge in [-0.05, 0) is 58.3 Å². The highest BCUT2D eigenvalue weighted by Gasteiger charge is 2.63. The number of ether oxygens (including phenoxy) is 1. The second-order valence-corrected chi connectivity index (χ2v) is 15.4. The van der Waals surface area contributed by atoms with Crippen LogP contribution in [-0.2, 0) is 33.5 Å². The molecule has 0 aromatic carbocycles. The van der Waals surface area contributed by atoms with Crippen LogP contribution in [0.4, 0.5) is 0 Å². The number of carboxylic acids is 3. The Kier molecular flexibility index (Phi) is 15.1. The van der Waals surface area contributed by atoms with Crippen molar-refractivity contribution in [2.24, 2.45) is 28.9 Å². The first-order valence-electron chi connectivity index (χ1n) is 16.6. The van der Waals surface area contributed by atoms with Gasteiger partial charge in [0.05, 0.1) is 15.8 Å². The van der Waals surface area contributed by atoms with Crippen LogP contribution in [0, 0.1) is 23.2 Å². The van der Waals surface area contributed by atoms with Crippen molar-refractivity contribution in [3.63, 3.8) is 0 Å². The molecule has 9 N–H and O–H groups in total. The van der Waals surface area contributed by atoms with Gasteiger partial charge >= 0.3 is 23.9 Å². The lowest BCUT2D eigenvalue weighted by Crippen LogP contribution is -2.68. The number of nitrogens with two attached hydrogens (primary N) is 1. The number of thioether (sulfide) groups is 1. The van der Waals surface area contributed by atoms with Gasteiger partial charge in [0.1, 0.15) is 30.8 Å². The van der Waals surface area contributed by atoms with Crippen molar-refractivity contribution < 1.29 is 59.0 Å². The van der Waals surface area contributed by atoms with E-state index in [4.69, 9.17) is 20.7 Å². The van der Waals surface area contributed by atoms with Crippen LogP contribution in [0.3, 0.4) is 0 Å². The molecule has 0 aromatic heterocycles.